The Labute approximate surface area is 109 Å². The van der Waals surface area contributed by atoms with Gasteiger partial charge in [0.2, 0.25) is 0 Å². The zero-order chi connectivity index (χ0) is 9.78. The fraction of sp³-hybridized carbons (Fsp3) is 1.00. The standard InChI is InChI=1S/C12H26O.Mg.2H/c1-3-5-7-9-11-13-12-10-8-6-4-2;;;/h3-12H2,1-2H3;;;/q;+2;2*-1. The molecule has 14 heavy (non-hydrogen) atoms. The molecule has 0 aliphatic heterocycles. The molecular formula is C12H28MgO. The predicted molar refractivity (Wildman–Crippen MR) is 67.1 cm³/mol. The van der Waals surface area contributed by atoms with Crippen LogP contribution in [0.5, 0.6) is 0 Å². The van der Waals surface area contributed by atoms with E-state index < -0.39 is 0 Å². The van der Waals surface area contributed by atoms with Crippen LogP contribution in [0.4, 0.5) is 0 Å². The zero-order valence-electron chi connectivity index (χ0n) is 12.2. The third-order valence-electron chi connectivity index (χ3n) is 2.28. The topological polar surface area (TPSA) is 9.23 Å². The molecule has 0 spiro atoms. The van der Waals surface area contributed by atoms with Crippen molar-refractivity contribution < 1.29 is 7.59 Å². The Morgan fingerprint density at radius 1 is 0.714 bits per heavy atom. The molecule has 0 radical (unpaired) electrons. The molecule has 0 bridgehead atoms. The number of unbranched alkanes of at least 4 members (excludes halogenated alkanes) is 6. The molecule has 0 aliphatic rings. The first-order valence-electron chi connectivity index (χ1n) is 5.99. The molecule has 0 rings (SSSR count). The summed E-state index contributed by atoms with van der Waals surface area (Å²) in [6.07, 6.45) is 10.5. The summed E-state index contributed by atoms with van der Waals surface area (Å²) in [5, 5.41) is 0. The van der Waals surface area contributed by atoms with Crippen molar-refractivity contribution in [2.24, 2.45) is 0 Å². The van der Waals surface area contributed by atoms with E-state index in [1.54, 1.807) is 0 Å². The Hall–Kier alpha value is 0.726. The van der Waals surface area contributed by atoms with Crippen LogP contribution < -0.4 is 0 Å². The fourth-order valence-electron chi connectivity index (χ4n) is 1.36. The van der Waals surface area contributed by atoms with E-state index in [4.69, 9.17) is 4.74 Å². The molecule has 84 valence electrons. The van der Waals surface area contributed by atoms with Crippen LogP contribution in [0.1, 0.15) is 68.1 Å². The Morgan fingerprint density at radius 3 is 1.50 bits per heavy atom. The monoisotopic (exact) mass is 212 g/mol. The summed E-state index contributed by atoms with van der Waals surface area (Å²) >= 11 is 0. The maximum absolute atomic E-state index is 5.53. The van der Waals surface area contributed by atoms with Gasteiger partial charge in [-0.25, -0.2) is 0 Å². The minimum Gasteiger partial charge on any atom is -1.00 e. The second kappa shape index (κ2) is 16.2. The maximum atomic E-state index is 5.53. The van der Waals surface area contributed by atoms with Crippen molar-refractivity contribution in [1.82, 2.24) is 0 Å². The van der Waals surface area contributed by atoms with Gasteiger partial charge in [-0.15, -0.1) is 0 Å². The summed E-state index contributed by atoms with van der Waals surface area (Å²) in [7, 11) is 0. The normalized spacial score (nSPS) is 9.86. The van der Waals surface area contributed by atoms with E-state index in [2.05, 4.69) is 13.8 Å². The summed E-state index contributed by atoms with van der Waals surface area (Å²) in [5.41, 5.74) is 0. The van der Waals surface area contributed by atoms with E-state index in [1.165, 1.54) is 51.4 Å². The van der Waals surface area contributed by atoms with Crippen molar-refractivity contribution in [2.75, 3.05) is 13.2 Å². The quantitative estimate of drug-likeness (QED) is 0.393. The molecule has 0 amide bonds. The van der Waals surface area contributed by atoms with Crippen molar-refractivity contribution in [3.8, 4) is 0 Å². The molecule has 0 fully saturated rings. The minimum atomic E-state index is 0. The van der Waals surface area contributed by atoms with Crippen LogP contribution in [0.3, 0.4) is 0 Å². The number of hydrogen-bond acceptors (Lipinski definition) is 1. The van der Waals surface area contributed by atoms with Gasteiger partial charge in [0.15, 0.2) is 0 Å². The average molecular weight is 213 g/mol. The summed E-state index contributed by atoms with van der Waals surface area (Å²) in [5.74, 6) is 0. The van der Waals surface area contributed by atoms with Gasteiger partial charge >= 0.3 is 23.1 Å². The first-order chi connectivity index (χ1) is 6.41. The fourth-order valence-corrected chi connectivity index (χ4v) is 1.36. The van der Waals surface area contributed by atoms with E-state index >= 15 is 0 Å². The largest absolute Gasteiger partial charge is 2.00 e. The number of rotatable bonds is 10. The van der Waals surface area contributed by atoms with Crippen LogP contribution in [0.15, 0.2) is 0 Å². The summed E-state index contributed by atoms with van der Waals surface area (Å²) in [6.45, 7) is 6.44. The Morgan fingerprint density at radius 2 is 1.14 bits per heavy atom. The van der Waals surface area contributed by atoms with Crippen LogP contribution in [0.25, 0.3) is 0 Å². The Kier molecular flexibility index (Phi) is 19.8. The molecule has 0 N–H and O–H groups in total. The van der Waals surface area contributed by atoms with Crippen LogP contribution in [0, 0.1) is 0 Å². The summed E-state index contributed by atoms with van der Waals surface area (Å²) < 4.78 is 5.53. The van der Waals surface area contributed by atoms with Crippen LogP contribution in [-0.4, -0.2) is 36.3 Å². The van der Waals surface area contributed by atoms with E-state index in [0.29, 0.717) is 0 Å². The minimum absolute atomic E-state index is 0. The Bertz CT molecular complexity index is 85.1. The van der Waals surface area contributed by atoms with Gasteiger partial charge in [0.05, 0.1) is 0 Å². The van der Waals surface area contributed by atoms with E-state index in [1.807, 2.05) is 0 Å². The van der Waals surface area contributed by atoms with Crippen molar-refractivity contribution in [1.29, 1.82) is 0 Å². The molecule has 0 atom stereocenters. The van der Waals surface area contributed by atoms with Gasteiger partial charge in [0.25, 0.3) is 0 Å². The third kappa shape index (κ3) is 15.2. The summed E-state index contributed by atoms with van der Waals surface area (Å²) in [6, 6.07) is 0. The average Bonchev–Trinajstić information content (AvgIpc) is 2.16. The van der Waals surface area contributed by atoms with Gasteiger partial charge in [-0.1, -0.05) is 52.4 Å². The van der Waals surface area contributed by atoms with Gasteiger partial charge in [0, 0.05) is 13.2 Å². The second-order valence-electron chi connectivity index (χ2n) is 3.73. The molecule has 0 heterocycles. The van der Waals surface area contributed by atoms with Gasteiger partial charge in [-0.2, -0.15) is 0 Å². The van der Waals surface area contributed by atoms with Gasteiger partial charge in [-0.3, -0.25) is 0 Å². The first-order valence-corrected chi connectivity index (χ1v) is 5.99. The summed E-state index contributed by atoms with van der Waals surface area (Å²) in [4.78, 5) is 0. The van der Waals surface area contributed by atoms with Crippen molar-refractivity contribution in [3.05, 3.63) is 0 Å². The molecule has 0 aromatic rings. The molecule has 1 nitrogen and oxygen atoms in total. The maximum Gasteiger partial charge on any atom is 2.00 e. The van der Waals surface area contributed by atoms with Gasteiger partial charge in [0.1, 0.15) is 0 Å². The molecule has 0 aromatic carbocycles. The number of hydrogen-bond donors (Lipinski definition) is 0. The second-order valence-corrected chi connectivity index (χ2v) is 3.73. The molecule has 0 saturated carbocycles. The van der Waals surface area contributed by atoms with Crippen LogP contribution >= 0.6 is 0 Å². The molecule has 0 aliphatic carbocycles. The number of ether oxygens (including phenoxy) is 1. The smallest absolute Gasteiger partial charge is 1.00 e. The van der Waals surface area contributed by atoms with Crippen LogP contribution in [0.2, 0.25) is 0 Å². The van der Waals surface area contributed by atoms with E-state index in [-0.39, 0.29) is 25.9 Å². The van der Waals surface area contributed by atoms with Crippen LogP contribution in [-0.2, 0) is 4.74 Å². The molecule has 0 unspecified atom stereocenters. The zero-order valence-corrected chi connectivity index (χ0v) is 11.6. The molecule has 0 aromatic heterocycles. The van der Waals surface area contributed by atoms with Gasteiger partial charge < -0.3 is 7.59 Å². The van der Waals surface area contributed by atoms with E-state index in [9.17, 15) is 0 Å². The van der Waals surface area contributed by atoms with Gasteiger partial charge in [-0.05, 0) is 12.8 Å². The molecule has 2 heteroatoms. The third-order valence-corrected chi connectivity index (χ3v) is 2.28. The molecular weight excluding hydrogens is 184 g/mol. The van der Waals surface area contributed by atoms with Crippen molar-refractivity contribution in [3.63, 3.8) is 0 Å². The van der Waals surface area contributed by atoms with Crippen molar-refractivity contribution >= 4 is 23.1 Å². The first kappa shape index (κ1) is 17.1. The molecule has 0 saturated heterocycles. The SMILES string of the molecule is CCCCCCOCCCCCC.[H-].[H-].[Mg+2]. The van der Waals surface area contributed by atoms with E-state index in [0.717, 1.165) is 13.2 Å². The predicted octanol–water partition coefficient (Wildman–Crippen LogP) is 4.01. The van der Waals surface area contributed by atoms with Crippen molar-refractivity contribution in [2.45, 2.75) is 65.2 Å². The Balaban J connectivity index is -0.000000240.